The molecule has 6 aromatic rings. The summed E-state index contributed by atoms with van der Waals surface area (Å²) in [5.41, 5.74) is 22.2. The number of unbranched alkanes of at least 4 members (excludes halogenated alkanes) is 2. The van der Waals surface area contributed by atoms with Crippen LogP contribution in [0.4, 0.5) is 0 Å². The summed E-state index contributed by atoms with van der Waals surface area (Å²) in [6.45, 7) is 23.5. The molecule has 0 spiro atoms. The second kappa shape index (κ2) is 18.8. The molecule has 0 aromatic heterocycles. The molecule has 2 atom stereocenters. The molecule has 0 saturated carbocycles. The van der Waals surface area contributed by atoms with E-state index in [1.807, 2.05) is 0 Å². The van der Waals surface area contributed by atoms with Crippen molar-refractivity contribution >= 4 is 52.3 Å². The van der Waals surface area contributed by atoms with Crippen molar-refractivity contribution < 1.29 is 16.4 Å². The topological polar surface area (TPSA) is 0 Å². The summed E-state index contributed by atoms with van der Waals surface area (Å²) >= 11 is -5.77. The van der Waals surface area contributed by atoms with Gasteiger partial charge in [-0.1, -0.05) is 0 Å². The molecule has 0 N–H and O–H groups in total. The molecule has 1 heterocycles. The van der Waals surface area contributed by atoms with Crippen LogP contribution in [0.25, 0.3) is 45.5 Å². The third-order valence-corrected chi connectivity index (χ3v) is 38.4. The molecule has 66 heavy (non-hydrogen) atoms. The summed E-state index contributed by atoms with van der Waals surface area (Å²) in [5, 5.41) is 3.00. The van der Waals surface area contributed by atoms with Crippen molar-refractivity contribution in [3.8, 4) is 33.4 Å². The Hall–Kier alpha value is -3.52. The van der Waals surface area contributed by atoms with Crippen LogP contribution in [0.1, 0.15) is 183 Å². The van der Waals surface area contributed by atoms with Gasteiger partial charge in [-0.2, -0.15) is 0 Å². The summed E-state index contributed by atoms with van der Waals surface area (Å²) in [7, 11) is 18.4. The van der Waals surface area contributed by atoms with Crippen LogP contribution in [0.2, 0.25) is 0 Å². The van der Waals surface area contributed by atoms with Gasteiger partial charge >= 0.3 is 412 Å². The van der Waals surface area contributed by atoms with Crippen LogP contribution in [0.3, 0.4) is 0 Å². The first-order chi connectivity index (χ1) is 31.7. The molecule has 2 unspecified atom stereocenters. The third kappa shape index (κ3) is 7.81. The van der Waals surface area contributed by atoms with Crippen LogP contribution < -0.4 is 13.6 Å². The number of hydrogen-bond acceptors (Lipinski definition) is 0. The van der Waals surface area contributed by atoms with Crippen molar-refractivity contribution in [2.24, 2.45) is 0 Å². The van der Waals surface area contributed by atoms with Crippen molar-refractivity contribution in [1.82, 2.24) is 0 Å². The Morgan fingerprint density at radius 2 is 0.894 bits per heavy atom. The Bertz CT molecular complexity index is 2750. The fourth-order valence-corrected chi connectivity index (χ4v) is 40.6. The van der Waals surface area contributed by atoms with Crippen LogP contribution in [0, 0.1) is 0 Å². The molecule has 0 saturated heterocycles. The molecule has 341 valence electrons. The minimum absolute atomic E-state index is 0.0936. The van der Waals surface area contributed by atoms with E-state index in [0.717, 1.165) is 38.5 Å². The summed E-state index contributed by atoms with van der Waals surface area (Å²) in [5.74, 6) is 1.46. The van der Waals surface area contributed by atoms with Gasteiger partial charge < -0.3 is 0 Å². The van der Waals surface area contributed by atoms with Gasteiger partial charge in [0.15, 0.2) is 0 Å². The van der Waals surface area contributed by atoms with Gasteiger partial charge in [-0.05, 0) is 0 Å². The fraction of sp³-hybridized carbons (Fsp3) is 0.355. The molecule has 4 heteroatoms. The second-order valence-corrected chi connectivity index (χ2v) is 43.6. The van der Waals surface area contributed by atoms with E-state index in [9.17, 15) is 17.0 Å². The normalized spacial score (nSPS) is 17.3. The zero-order valence-corrected chi connectivity index (χ0v) is 46.7. The van der Waals surface area contributed by atoms with Gasteiger partial charge in [0, 0.05) is 0 Å². The predicted molar refractivity (Wildman–Crippen MR) is 292 cm³/mol. The maximum atomic E-state index is 9.64. The number of rotatable bonds is 15. The molecule has 0 amide bonds. The molecule has 6 aromatic carbocycles. The van der Waals surface area contributed by atoms with E-state index in [1.165, 1.54) is 103 Å². The van der Waals surface area contributed by atoms with Crippen LogP contribution >= 0.6 is 17.0 Å². The van der Waals surface area contributed by atoms with Crippen molar-refractivity contribution in [3.63, 3.8) is 0 Å². The average molecular weight is 1010 g/mol. The Morgan fingerprint density at radius 3 is 1.35 bits per heavy atom. The Balaban J connectivity index is 1.42. The monoisotopic (exact) mass is 1000 g/mol. The number of hydrogen-bond donors (Lipinski definition) is 0. The van der Waals surface area contributed by atoms with Crippen molar-refractivity contribution in [3.05, 3.63) is 171 Å². The Morgan fingerprint density at radius 1 is 0.470 bits per heavy atom. The Labute approximate surface area is 408 Å². The predicted octanol–water partition coefficient (Wildman–Crippen LogP) is 16.9. The zero-order valence-electron chi connectivity index (χ0n) is 41.3. The van der Waals surface area contributed by atoms with Crippen LogP contribution in [0.5, 0.6) is 0 Å². The summed E-state index contributed by atoms with van der Waals surface area (Å²) in [4.78, 5) is 0. The fourth-order valence-electron chi connectivity index (χ4n) is 12.6. The molecule has 0 nitrogen and oxygen atoms in total. The average Bonchev–Trinajstić information content (AvgIpc) is 4.01. The van der Waals surface area contributed by atoms with E-state index >= 15 is 0 Å². The van der Waals surface area contributed by atoms with E-state index in [4.69, 9.17) is 0 Å². The Kier molecular flexibility index (Phi) is 13.5. The maximum absolute atomic E-state index is 9.64. The minimum atomic E-state index is -5.77. The van der Waals surface area contributed by atoms with E-state index < -0.39 is 25.9 Å². The number of halogens is 2. The third-order valence-electron chi connectivity index (χ3n) is 15.7. The zero-order chi connectivity index (χ0) is 46.7. The second-order valence-electron chi connectivity index (χ2n) is 21.2. The SMILES string of the molecule is CCCCC1=Cc2c(ccc(C(C)C)c2-c2ccccc2C(C)C)[CH]1[Zr]([Cl])([Cl])([c]1cccc2c1[SiH2]c1ccccc1-2)[CH]1C(CCCC)=Cc2c1ccc(C(C)C)c2-c1ccccc1C(C)C. The van der Waals surface area contributed by atoms with Crippen LogP contribution in [-0.2, 0) is 16.4 Å². The molecule has 3 aliphatic rings. The molecule has 1 aliphatic heterocycles. The summed E-state index contributed by atoms with van der Waals surface area (Å²) < 4.78 is 1.14. The number of fused-ring (bicyclic) bond motifs is 5. The number of benzene rings is 6. The van der Waals surface area contributed by atoms with E-state index in [2.05, 4.69) is 197 Å². The van der Waals surface area contributed by atoms with Gasteiger partial charge in [-0.25, -0.2) is 0 Å². The van der Waals surface area contributed by atoms with Crippen molar-refractivity contribution in [2.75, 3.05) is 0 Å². The molecule has 0 fully saturated rings. The van der Waals surface area contributed by atoms with Crippen molar-refractivity contribution in [2.45, 2.75) is 139 Å². The van der Waals surface area contributed by atoms with E-state index in [1.54, 1.807) is 0 Å². The molecule has 2 aliphatic carbocycles. The van der Waals surface area contributed by atoms with Crippen LogP contribution in [0.15, 0.2) is 126 Å². The summed E-state index contributed by atoms with van der Waals surface area (Å²) in [6.07, 6.45) is 11.7. The first-order valence-corrected chi connectivity index (χ1v) is 37.2. The van der Waals surface area contributed by atoms with Gasteiger partial charge in [-0.3, -0.25) is 0 Å². The quantitative estimate of drug-likeness (QED) is 0.0898. The van der Waals surface area contributed by atoms with Gasteiger partial charge in [0.05, 0.1) is 0 Å². The molecular weight excluding hydrogens is 935 g/mol. The number of allylic oxidation sites excluding steroid dienone is 2. The molecular formula is C62H71Cl2SiZr. The molecule has 9 rings (SSSR count). The van der Waals surface area contributed by atoms with Gasteiger partial charge in [0.1, 0.15) is 0 Å². The van der Waals surface area contributed by atoms with Crippen molar-refractivity contribution in [1.29, 1.82) is 0 Å². The molecule has 0 radical (unpaired) electrons. The first-order valence-electron chi connectivity index (χ1n) is 25.4. The van der Waals surface area contributed by atoms with Crippen LogP contribution in [-0.4, -0.2) is 9.52 Å². The first kappa shape index (κ1) is 47.5. The molecule has 0 bridgehead atoms. The van der Waals surface area contributed by atoms with E-state index in [0.29, 0.717) is 23.7 Å². The van der Waals surface area contributed by atoms with Gasteiger partial charge in [0.2, 0.25) is 0 Å². The van der Waals surface area contributed by atoms with Gasteiger partial charge in [0.25, 0.3) is 0 Å². The standard InChI is InChI=1S/2C25H31.C12H9Si.2ClH.Zr/c2*1-6-7-10-19-15-20-13-14-22(18(4)5)25(24(20)16-19)23-12-9-8-11-21(23)17(2)3;1-3-7-11-9(5-1)10-6-2-4-8-12(10)13-11;;;/h2*8-9,11-18H,6-7,10H2,1-5H3;1-7H,13H2;2*1H;/q;;;;;+2/p-2. The van der Waals surface area contributed by atoms with Gasteiger partial charge in [-0.15, -0.1) is 0 Å². The summed E-state index contributed by atoms with van der Waals surface area (Å²) in [6, 6.07) is 44.6. The van der Waals surface area contributed by atoms with E-state index in [-0.39, 0.29) is 7.25 Å².